The number of thiazole rings is 1. The first kappa shape index (κ1) is 13.0. The Morgan fingerprint density at radius 3 is 2.94 bits per heavy atom. The molecule has 2 rings (SSSR count). The summed E-state index contributed by atoms with van der Waals surface area (Å²) in [5, 5.41) is 4.77. The van der Waals surface area contributed by atoms with Crippen molar-refractivity contribution in [2.24, 2.45) is 0 Å². The maximum Gasteiger partial charge on any atom is 0.0900 e. The van der Waals surface area contributed by atoms with E-state index in [1.165, 1.54) is 41.5 Å². The second-order valence-electron chi connectivity index (χ2n) is 4.80. The van der Waals surface area contributed by atoms with Crippen molar-refractivity contribution in [2.75, 3.05) is 19.6 Å². The van der Waals surface area contributed by atoms with Crippen LogP contribution in [0.2, 0.25) is 0 Å². The van der Waals surface area contributed by atoms with Crippen LogP contribution >= 0.6 is 11.3 Å². The van der Waals surface area contributed by atoms with E-state index in [4.69, 9.17) is 0 Å². The Morgan fingerprint density at radius 2 is 2.29 bits per heavy atom. The first-order valence-corrected chi connectivity index (χ1v) is 7.40. The van der Waals surface area contributed by atoms with Crippen LogP contribution in [0.4, 0.5) is 0 Å². The van der Waals surface area contributed by atoms with Gasteiger partial charge in [-0.3, -0.25) is 4.90 Å². The highest BCUT2D eigenvalue weighted by molar-refractivity contribution is 7.11. The van der Waals surface area contributed by atoms with Crippen LogP contribution in [0.5, 0.6) is 0 Å². The van der Waals surface area contributed by atoms with Gasteiger partial charge in [-0.1, -0.05) is 6.92 Å². The fourth-order valence-electron chi connectivity index (χ4n) is 2.63. The molecule has 1 aliphatic heterocycles. The number of likely N-dealkylation sites (tertiary alicyclic amines) is 1. The number of rotatable bonds is 5. The molecule has 0 bridgehead atoms. The third-order valence-corrected chi connectivity index (χ3v) is 4.64. The smallest absolute Gasteiger partial charge is 0.0900 e. The van der Waals surface area contributed by atoms with Crippen molar-refractivity contribution in [2.45, 2.75) is 46.2 Å². The van der Waals surface area contributed by atoms with Crippen molar-refractivity contribution in [3.8, 4) is 0 Å². The van der Waals surface area contributed by atoms with Gasteiger partial charge in [0.25, 0.3) is 0 Å². The molecule has 1 aromatic heterocycles. The van der Waals surface area contributed by atoms with E-state index in [0.29, 0.717) is 0 Å². The highest BCUT2D eigenvalue weighted by Crippen LogP contribution is 2.18. The Morgan fingerprint density at radius 1 is 1.47 bits per heavy atom. The molecule has 0 spiro atoms. The Hall–Kier alpha value is -0.450. The number of hydrogen-bond acceptors (Lipinski definition) is 4. The van der Waals surface area contributed by atoms with Crippen molar-refractivity contribution in [3.63, 3.8) is 0 Å². The first-order chi connectivity index (χ1) is 8.20. The Bertz CT molecular complexity index is 362. The van der Waals surface area contributed by atoms with E-state index in [-0.39, 0.29) is 0 Å². The average Bonchev–Trinajstić information content (AvgIpc) is 2.86. The van der Waals surface area contributed by atoms with Gasteiger partial charge >= 0.3 is 0 Å². The van der Waals surface area contributed by atoms with Gasteiger partial charge in [0, 0.05) is 24.0 Å². The molecule has 1 unspecified atom stereocenters. The van der Waals surface area contributed by atoms with Crippen LogP contribution in [0.25, 0.3) is 0 Å². The van der Waals surface area contributed by atoms with Gasteiger partial charge in [-0.05, 0) is 39.8 Å². The molecule has 0 saturated carbocycles. The van der Waals surface area contributed by atoms with Crippen LogP contribution < -0.4 is 5.32 Å². The van der Waals surface area contributed by atoms with Gasteiger partial charge in [-0.25, -0.2) is 4.98 Å². The Labute approximate surface area is 108 Å². The lowest BCUT2D eigenvalue weighted by atomic mass is 10.2. The highest BCUT2D eigenvalue weighted by Gasteiger charge is 2.22. The van der Waals surface area contributed by atoms with E-state index in [1.54, 1.807) is 0 Å². The van der Waals surface area contributed by atoms with Gasteiger partial charge in [-0.2, -0.15) is 0 Å². The van der Waals surface area contributed by atoms with Crippen molar-refractivity contribution in [3.05, 3.63) is 15.6 Å². The van der Waals surface area contributed by atoms with E-state index in [1.807, 2.05) is 11.3 Å². The predicted octanol–water partition coefficient (Wildman–Crippen LogP) is 2.33. The summed E-state index contributed by atoms with van der Waals surface area (Å²) in [6.07, 6.45) is 2.71. The molecule has 4 heteroatoms. The normalized spacial score (nSPS) is 21.2. The molecular formula is C13H23N3S. The Balaban J connectivity index is 1.77. The van der Waals surface area contributed by atoms with Crippen LogP contribution in [0.15, 0.2) is 0 Å². The summed E-state index contributed by atoms with van der Waals surface area (Å²) >= 11 is 1.82. The van der Waals surface area contributed by atoms with Gasteiger partial charge in [0.05, 0.1) is 10.7 Å². The van der Waals surface area contributed by atoms with Gasteiger partial charge in [-0.15, -0.1) is 11.3 Å². The summed E-state index contributed by atoms with van der Waals surface area (Å²) < 4.78 is 0. The van der Waals surface area contributed by atoms with Gasteiger partial charge < -0.3 is 5.32 Å². The standard InChI is InChI=1S/C13H23N3S/c1-4-16-7-5-6-12(16)8-14-9-13-10(2)15-11(3)17-13/h12,14H,4-9H2,1-3H3. The van der Waals surface area contributed by atoms with E-state index in [0.717, 1.165) is 19.1 Å². The number of nitrogens with one attached hydrogen (secondary N) is 1. The molecule has 1 atom stereocenters. The lowest BCUT2D eigenvalue weighted by molar-refractivity contribution is 0.260. The third-order valence-electron chi connectivity index (χ3n) is 3.57. The predicted molar refractivity (Wildman–Crippen MR) is 73.6 cm³/mol. The topological polar surface area (TPSA) is 28.2 Å². The van der Waals surface area contributed by atoms with Crippen molar-refractivity contribution < 1.29 is 0 Å². The van der Waals surface area contributed by atoms with E-state index in [9.17, 15) is 0 Å². The number of hydrogen-bond donors (Lipinski definition) is 1. The molecule has 2 heterocycles. The van der Waals surface area contributed by atoms with Gasteiger partial charge in [0.15, 0.2) is 0 Å². The van der Waals surface area contributed by atoms with E-state index >= 15 is 0 Å². The van der Waals surface area contributed by atoms with Crippen LogP contribution in [0.3, 0.4) is 0 Å². The second kappa shape index (κ2) is 5.94. The monoisotopic (exact) mass is 253 g/mol. The molecule has 1 aliphatic rings. The maximum atomic E-state index is 4.46. The first-order valence-electron chi connectivity index (χ1n) is 6.58. The van der Waals surface area contributed by atoms with Crippen LogP contribution in [-0.2, 0) is 6.54 Å². The van der Waals surface area contributed by atoms with Gasteiger partial charge in [0.2, 0.25) is 0 Å². The van der Waals surface area contributed by atoms with Crippen LogP contribution in [-0.4, -0.2) is 35.6 Å². The maximum absolute atomic E-state index is 4.46. The molecule has 3 nitrogen and oxygen atoms in total. The lowest BCUT2D eigenvalue weighted by Gasteiger charge is -2.22. The fraction of sp³-hybridized carbons (Fsp3) is 0.769. The van der Waals surface area contributed by atoms with Crippen LogP contribution in [0, 0.1) is 13.8 Å². The molecule has 0 radical (unpaired) electrons. The molecule has 1 saturated heterocycles. The molecule has 1 N–H and O–H groups in total. The van der Waals surface area contributed by atoms with Gasteiger partial charge in [0.1, 0.15) is 0 Å². The fourth-order valence-corrected chi connectivity index (χ4v) is 3.54. The van der Waals surface area contributed by atoms with Crippen LogP contribution in [0.1, 0.15) is 35.3 Å². The minimum Gasteiger partial charge on any atom is -0.310 e. The number of aryl methyl sites for hydroxylation is 2. The Kier molecular flexibility index (Phi) is 4.54. The van der Waals surface area contributed by atoms with E-state index < -0.39 is 0 Å². The molecule has 0 aliphatic carbocycles. The molecule has 1 fully saturated rings. The third kappa shape index (κ3) is 3.27. The van der Waals surface area contributed by atoms with Crippen molar-refractivity contribution in [1.82, 2.24) is 15.2 Å². The minimum atomic E-state index is 0.745. The zero-order valence-electron chi connectivity index (χ0n) is 11.1. The van der Waals surface area contributed by atoms with E-state index in [2.05, 4.69) is 36.0 Å². The molecule has 96 valence electrons. The number of nitrogens with zero attached hydrogens (tertiary/aromatic N) is 2. The zero-order chi connectivity index (χ0) is 12.3. The molecular weight excluding hydrogens is 230 g/mol. The summed E-state index contributed by atoms with van der Waals surface area (Å²) in [6.45, 7) is 11.0. The second-order valence-corrected chi connectivity index (χ2v) is 6.08. The van der Waals surface area contributed by atoms with Crippen molar-refractivity contribution in [1.29, 1.82) is 0 Å². The molecule has 1 aromatic rings. The molecule has 0 aromatic carbocycles. The number of aromatic nitrogens is 1. The minimum absolute atomic E-state index is 0.745. The lowest BCUT2D eigenvalue weighted by Crippen LogP contribution is -2.37. The SMILES string of the molecule is CCN1CCCC1CNCc1sc(C)nc1C. The quantitative estimate of drug-likeness (QED) is 0.873. The molecule has 0 amide bonds. The van der Waals surface area contributed by atoms with Crippen molar-refractivity contribution >= 4 is 11.3 Å². The zero-order valence-corrected chi connectivity index (χ0v) is 11.9. The largest absolute Gasteiger partial charge is 0.310 e. The summed E-state index contributed by atoms with van der Waals surface area (Å²) in [5.41, 5.74) is 1.19. The summed E-state index contributed by atoms with van der Waals surface area (Å²) in [6, 6.07) is 0.745. The number of likely N-dealkylation sites (N-methyl/N-ethyl adjacent to an activating group) is 1. The summed E-state index contributed by atoms with van der Waals surface area (Å²) in [4.78, 5) is 8.43. The molecule has 17 heavy (non-hydrogen) atoms. The summed E-state index contributed by atoms with van der Waals surface area (Å²) in [5.74, 6) is 0. The highest BCUT2D eigenvalue weighted by atomic mass is 32.1. The average molecular weight is 253 g/mol. The summed E-state index contributed by atoms with van der Waals surface area (Å²) in [7, 11) is 0.